The molecule has 1 aliphatic heterocycles. The number of aromatic nitrogens is 3. The molecule has 0 aliphatic carbocycles. The van der Waals surface area contributed by atoms with Crippen LogP contribution in [0.5, 0.6) is 0 Å². The van der Waals surface area contributed by atoms with Crippen molar-refractivity contribution in [3.63, 3.8) is 0 Å². The first kappa shape index (κ1) is 14.1. The van der Waals surface area contributed by atoms with E-state index in [1.165, 1.54) is 0 Å². The van der Waals surface area contributed by atoms with Gasteiger partial charge in [-0.25, -0.2) is 0 Å². The van der Waals surface area contributed by atoms with Gasteiger partial charge < -0.3 is 9.42 Å². The van der Waals surface area contributed by atoms with Crippen molar-refractivity contribution in [1.82, 2.24) is 20.0 Å². The minimum Gasteiger partial charge on any atom is -0.338 e. The van der Waals surface area contributed by atoms with E-state index in [4.69, 9.17) is 4.52 Å². The molecule has 1 atom stereocenters. The van der Waals surface area contributed by atoms with Gasteiger partial charge >= 0.3 is 0 Å². The summed E-state index contributed by atoms with van der Waals surface area (Å²) in [6, 6.07) is 7.38. The van der Waals surface area contributed by atoms with Crippen molar-refractivity contribution >= 4 is 17.2 Å². The van der Waals surface area contributed by atoms with Crippen molar-refractivity contribution in [2.24, 2.45) is 0 Å². The van der Waals surface area contributed by atoms with E-state index in [0.717, 1.165) is 11.3 Å². The minimum absolute atomic E-state index is 0.0249. The Morgan fingerprint density at radius 1 is 1.30 bits per heavy atom. The standard InChI is InChI=1S/C16H14N4O2S/c21-16(11-3-6-17-7-4-11)20-8-5-12(10-20)14-18-15(22-19-14)13-2-1-9-23-13/h1-4,6-7,9,12H,5,8,10H2. The van der Waals surface area contributed by atoms with Crippen LogP contribution in [0, 0.1) is 0 Å². The van der Waals surface area contributed by atoms with Crippen LogP contribution in [-0.2, 0) is 0 Å². The summed E-state index contributed by atoms with van der Waals surface area (Å²) >= 11 is 1.57. The number of nitrogens with zero attached hydrogens (tertiary/aromatic N) is 4. The van der Waals surface area contributed by atoms with Crippen LogP contribution in [0.25, 0.3) is 10.8 Å². The second kappa shape index (κ2) is 5.92. The number of amides is 1. The predicted molar refractivity (Wildman–Crippen MR) is 85.1 cm³/mol. The van der Waals surface area contributed by atoms with E-state index in [1.54, 1.807) is 35.9 Å². The summed E-state index contributed by atoms with van der Waals surface area (Å²) in [6.07, 6.45) is 4.11. The molecule has 1 aliphatic rings. The van der Waals surface area contributed by atoms with Gasteiger partial charge in [0.25, 0.3) is 11.8 Å². The van der Waals surface area contributed by atoms with Crippen LogP contribution in [0.4, 0.5) is 0 Å². The monoisotopic (exact) mass is 326 g/mol. The Balaban J connectivity index is 1.47. The van der Waals surface area contributed by atoms with Crippen LogP contribution in [-0.4, -0.2) is 39.0 Å². The molecule has 1 amide bonds. The van der Waals surface area contributed by atoms with Crippen molar-refractivity contribution in [2.45, 2.75) is 12.3 Å². The van der Waals surface area contributed by atoms with E-state index in [1.807, 2.05) is 22.4 Å². The van der Waals surface area contributed by atoms with Crippen molar-refractivity contribution in [1.29, 1.82) is 0 Å². The Hall–Kier alpha value is -2.54. The molecule has 0 bridgehead atoms. The second-order valence-corrected chi connectivity index (χ2v) is 6.36. The van der Waals surface area contributed by atoms with Crippen LogP contribution >= 0.6 is 11.3 Å². The summed E-state index contributed by atoms with van der Waals surface area (Å²) in [5.74, 6) is 1.38. The highest BCUT2D eigenvalue weighted by atomic mass is 32.1. The second-order valence-electron chi connectivity index (χ2n) is 5.41. The van der Waals surface area contributed by atoms with Crippen LogP contribution < -0.4 is 0 Å². The number of hydrogen-bond donors (Lipinski definition) is 0. The highest BCUT2D eigenvalue weighted by Crippen LogP contribution is 2.29. The largest absolute Gasteiger partial charge is 0.338 e. The molecule has 0 radical (unpaired) electrons. The highest BCUT2D eigenvalue weighted by Gasteiger charge is 2.31. The fraction of sp³-hybridized carbons (Fsp3) is 0.250. The van der Waals surface area contributed by atoms with E-state index >= 15 is 0 Å². The molecule has 23 heavy (non-hydrogen) atoms. The van der Waals surface area contributed by atoms with E-state index < -0.39 is 0 Å². The lowest BCUT2D eigenvalue weighted by atomic mass is 10.1. The van der Waals surface area contributed by atoms with Crippen LogP contribution in [0.1, 0.15) is 28.5 Å². The van der Waals surface area contributed by atoms with Crippen molar-refractivity contribution in [3.05, 3.63) is 53.4 Å². The van der Waals surface area contributed by atoms with Gasteiger partial charge in [-0.05, 0) is 30.0 Å². The average Bonchev–Trinajstić information content (AvgIpc) is 3.34. The van der Waals surface area contributed by atoms with Gasteiger partial charge in [0.15, 0.2) is 5.82 Å². The molecule has 0 aromatic carbocycles. The fourth-order valence-electron chi connectivity index (χ4n) is 2.73. The van der Waals surface area contributed by atoms with Gasteiger partial charge in [-0.3, -0.25) is 9.78 Å². The molecule has 116 valence electrons. The summed E-state index contributed by atoms with van der Waals surface area (Å²) in [7, 11) is 0. The Kier molecular flexibility index (Phi) is 3.63. The Bertz CT molecular complexity index is 801. The molecule has 0 saturated carbocycles. The lowest BCUT2D eigenvalue weighted by molar-refractivity contribution is 0.0790. The van der Waals surface area contributed by atoms with E-state index in [9.17, 15) is 4.79 Å². The summed E-state index contributed by atoms with van der Waals surface area (Å²) < 4.78 is 5.34. The van der Waals surface area contributed by atoms with E-state index in [-0.39, 0.29) is 11.8 Å². The Morgan fingerprint density at radius 3 is 2.96 bits per heavy atom. The maximum atomic E-state index is 12.5. The Morgan fingerprint density at radius 2 is 2.17 bits per heavy atom. The molecule has 0 spiro atoms. The third-order valence-electron chi connectivity index (χ3n) is 3.94. The van der Waals surface area contributed by atoms with Gasteiger partial charge in [0.1, 0.15) is 0 Å². The summed E-state index contributed by atoms with van der Waals surface area (Å²) in [4.78, 5) is 23.7. The molecule has 0 N–H and O–H groups in total. The van der Waals surface area contributed by atoms with Gasteiger partial charge in [-0.1, -0.05) is 11.2 Å². The van der Waals surface area contributed by atoms with Gasteiger partial charge in [-0.2, -0.15) is 4.98 Å². The van der Waals surface area contributed by atoms with Crippen molar-refractivity contribution in [3.8, 4) is 10.8 Å². The molecular weight excluding hydrogens is 312 g/mol. The first-order valence-electron chi connectivity index (χ1n) is 7.38. The Labute approximate surface area is 136 Å². The average molecular weight is 326 g/mol. The number of rotatable bonds is 3. The molecule has 1 saturated heterocycles. The minimum atomic E-state index is 0.0249. The normalized spacial score (nSPS) is 17.6. The number of hydrogen-bond acceptors (Lipinski definition) is 6. The number of pyridine rings is 1. The third-order valence-corrected chi connectivity index (χ3v) is 4.80. The summed E-state index contributed by atoms with van der Waals surface area (Å²) in [6.45, 7) is 1.32. The van der Waals surface area contributed by atoms with E-state index in [2.05, 4.69) is 15.1 Å². The number of carbonyl (C=O) groups is 1. The number of thiophene rings is 1. The zero-order valence-corrected chi connectivity index (χ0v) is 13.1. The molecule has 3 aromatic rings. The van der Waals surface area contributed by atoms with Crippen molar-refractivity contribution < 1.29 is 9.32 Å². The SMILES string of the molecule is O=C(c1ccncc1)N1CCC(c2noc(-c3cccs3)n2)C1. The summed E-state index contributed by atoms with van der Waals surface area (Å²) in [5, 5.41) is 6.07. The van der Waals surface area contributed by atoms with Crippen molar-refractivity contribution in [2.75, 3.05) is 13.1 Å². The first-order valence-corrected chi connectivity index (χ1v) is 8.26. The maximum Gasteiger partial charge on any atom is 0.267 e. The third kappa shape index (κ3) is 2.75. The summed E-state index contributed by atoms with van der Waals surface area (Å²) in [5.41, 5.74) is 0.660. The molecular formula is C16H14N4O2S. The number of likely N-dealkylation sites (tertiary alicyclic amines) is 1. The molecule has 3 aromatic heterocycles. The highest BCUT2D eigenvalue weighted by molar-refractivity contribution is 7.13. The molecule has 1 fully saturated rings. The maximum absolute atomic E-state index is 12.5. The van der Waals surface area contributed by atoms with Gasteiger partial charge in [0.05, 0.1) is 4.88 Å². The zero-order chi connectivity index (χ0) is 15.6. The smallest absolute Gasteiger partial charge is 0.267 e. The predicted octanol–water partition coefficient (Wildman–Crippen LogP) is 2.82. The molecule has 4 heterocycles. The fourth-order valence-corrected chi connectivity index (χ4v) is 3.38. The van der Waals surface area contributed by atoms with E-state index in [0.29, 0.717) is 30.4 Å². The van der Waals surface area contributed by atoms with Gasteiger partial charge in [0.2, 0.25) is 0 Å². The lowest BCUT2D eigenvalue weighted by Gasteiger charge is -2.15. The van der Waals surface area contributed by atoms with Crippen LogP contribution in [0.15, 0.2) is 46.6 Å². The van der Waals surface area contributed by atoms with Crippen LogP contribution in [0.3, 0.4) is 0 Å². The molecule has 6 nitrogen and oxygen atoms in total. The van der Waals surface area contributed by atoms with Gasteiger partial charge in [-0.15, -0.1) is 11.3 Å². The van der Waals surface area contributed by atoms with Crippen LogP contribution in [0.2, 0.25) is 0 Å². The topological polar surface area (TPSA) is 72.1 Å². The zero-order valence-electron chi connectivity index (χ0n) is 12.3. The quantitative estimate of drug-likeness (QED) is 0.740. The molecule has 1 unspecified atom stereocenters. The lowest BCUT2D eigenvalue weighted by Crippen LogP contribution is -2.28. The number of carbonyl (C=O) groups excluding carboxylic acids is 1. The molecule has 7 heteroatoms. The van der Waals surface area contributed by atoms with Gasteiger partial charge in [0, 0.05) is 37.0 Å². The molecule has 4 rings (SSSR count). The first-order chi connectivity index (χ1) is 11.3.